The average Bonchev–Trinajstić information content (AvgIpc) is 2.33. The summed E-state index contributed by atoms with van der Waals surface area (Å²) in [6.45, 7) is 2.90. The molecule has 1 aromatic rings. The summed E-state index contributed by atoms with van der Waals surface area (Å²) in [6.07, 6.45) is 0.688. The quantitative estimate of drug-likeness (QED) is 0.844. The summed E-state index contributed by atoms with van der Waals surface area (Å²) in [6, 6.07) is 8.81. The molecule has 0 bridgehead atoms. The van der Waals surface area contributed by atoms with E-state index in [1.165, 1.54) is 11.1 Å². The van der Waals surface area contributed by atoms with Gasteiger partial charge in [0.25, 0.3) is 0 Å². The molecular weight excluding hydrogens is 205 g/mol. The van der Waals surface area contributed by atoms with Crippen molar-refractivity contribution in [2.45, 2.75) is 25.5 Å². The highest BCUT2D eigenvalue weighted by molar-refractivity contribution is 5.22. The molecule has 2 rings (SSSR count). The van der Waals surface area contributed by atoms with Gasteiger partial charge in [-0.2, -0.15) is 0 Å². The first-order valence-corrected chi connectivity index (χ1v) is 5.74. The normalized spacial score (nSPS) is 25.6. The largest absolute Gasteiger partial charge is 0.373 e. The van der Waals surface area contributed by atoms with Gasteiger partial charge in [-0.3, -0.25) is 0 Å². The molecule has 0 saturated carbocycles. The molecule has 3 heteroatoms. The van der Waals surface area contributed by atoms with E-state index in [1.807, 2.05) is 0 Å². The van der Waals surface area contributed by atoms with Crippen LogP contribution in [0.3, 0.4) is 0 Å². The van der Waals surface area contributed by atoms with Crippen LogP contribution in [0.25, 0.3) is 0 Å². The first-order valence-electron chi connectivity index (χ1n) is 5.74. The predicted molar refractivity (Wildman–Crippen MR) is 62.4 cm³/mol. The van der Waals surface area contributed by atoms with E-state index < -0.39 is 6.67 Å². The van der Waals surface area contributed by atoms with Crippen LogP contribution in [0.4, 0.5) is 4.39 Å². The molecule has 1 heterocycles. The van der Waals surface area contributed by atoms with E-state index in [9.17, 15) is 4.39 Å². The van der Waals surface area contributed by atoms with Gasteiger partial charge in [-0.15, -0.1) is 0 Å². The van der Waals surface area contributed by atoms with Gasteiger partial charge in [0.2, 0.25) is 0 Å². The topological polar surface area (TPSA) is 21.3 Å². The monoisotopic (exact) mass is 223 g/mol. The number of halogens is 1. The predicted octanol–water partition coefficient (Wildman–Crippen LogP) is 1.86. The Hall–Kier alpha value is -0.930. The molecule has 1 N–H and O–H groups in total. The fourth-order valence-electron chi connectivity index (χ4n) is 1.91. The van der Waals surface area contributed by atoms with Crippen molar-refractivity contribution < 1.29 is 9.13 Å². The van der Waals surface area contributed by atoms with Gasteiger partial charge in [0.1, 0.15) is 6.67 Å². The number of nitrogens with one attached hydrogen (secondary N) is 1. The Labute approximate surface area is 95.8 Å². The summed E-state index contributed by atoms with van der Waals surface area (Å²) in [5.41, 5.74) is 2.57. The first kappa shape index (κ1) is 11.6. The Morgan fingerprint density at radius 1 is 1.38 bits per heavy atom. The van der Waals surface area contributed by atoms with Crippen LogP contribution >= 0.6 is 0 Å². The summed E-state index contributed by atoms with van der Waals surface area (Å²) >= 11 is 0. The average molecular weight is 223 g/mol. The van der Waals surface area contributed by atoms with Gasteiger partial charge in [-0.25, -0.2) is 4.39 Å². The minimum atomic E-state index is -0.399. The number of alkyl halides is 1. The second-order valence-corrected chi connectivity index (χ2v) is 4.40. The molecule has 2 nitrogen and oxygen atoms in total. The minimum absolute atomic E-state index is 0.255. The van der Waals surface area contributed by atoms with E-state index in [-0.39, 0.29) is 6.10 Å². The zero-order valence-corrected chi connectivity index (χ0v) is 9.58. The lowest BCUT2D eigenvalue weighted by Crippen LogP contribution is -2.48. The molecule has 1 saturated heterocycles. The Morgan fingerprint density at radius 3 is 2.69 bits per heavy atom. The molecule has 0 aliphatic carbocycles. The van der Waals surface area contributed by atoms with Gasteiger partial charge in [0, 0.05) is 12.6 Å². The number of morpholine rings is 1. The number of ether oxygens (including phenoxy) is 1. The highest BCUT2D eigenvalue weighted by atomic mass is 19.1. The molecule has 88 valence electrons. The molecule has 2 atom stereocenters. The Morgan fingerprint density at radius 2 is 2.12 bits per heavy atom. The van der Waals surface area contributed by atoms with Crippen LogP contribution in [0.5, 0.6) is 0 Å². The highest BCUT2D eigenvalue weighted by Gasteiger charge is 2.20. The van der Waals surface area contributed by atoms with Gasteiger partial charge < -0.3 is 10.1 Å². The third-order valence-corrected chi connectivity index (χ3v) is 2.94. The molecule has 16 heavy (non-hydrogen) atoms. The fourth-order valence-corrected chi connectivity index (χ4v) is 1.91. The lowest BCUT2D eigenvalue weighted by Gasteiger charge is -2.29. The smallest absolute Gasteiger partial charge is 0.117 e. The first-order chi connectivity index (χ1) is 7.78. The lowest BCUT2D eigenvalue weighted by atomic mass is 10.0. The van der Waals surface area contributed by atoms with Crippen LogP contribution in [-0.2, 0) is 11.2 Å². The molecule has 0 amide bonds. The number of hydrogen-bond acceptors (Lipinski definition) is 2. The lowest BCUT2D eigenvalue weighted by molar-refractivity contribution is -0.00818. The fraction of sp³-hybridized carbons (Fsp3) is 0.538. The molecule has 1 fully saturated rings. The number of aryl methyl sites for hydroxylation is 1. The van der Waals surface area contributed by atoms with Gasteiger partial charge >= 0.3 is 0 Å². The third-order valence-electron chi connectivity index (χ3n) is 2.94. The second kappa shape index (κ2) is 5.41. The van der Waals surface area contributed by atoms with Crippen molar-refractivity contribution in [2.24, 2.45) is 0 Å². The van der Waals surface area contributed by atoms with E-state index in [1.54, 1.807) is 0 Å². The Balaban J connectivity index is 1.84. The molecule has 1 aliphatic rings. The van der Waals surface area contributed by atoms with Crippen molar-refractivity contribution in [3.8, 4) is 0 Å². The second-order valence-electron chi connectivity index (χ2n) is 4.40. The summed E-state index contributed by atoms with van der Waals surface area (Å²) < 4.78 is 17.7. The van der Waals surface area contributed by atoms with Crippen molar-refractivity contribution in [3.05, 3.63) is 35.4 Å². The minimum Gasteiger partial charge on any atom is -0.373 e. The maximum absolute atomic E-state index is 12.3. The van der Waals surface area contributed by atoms with Gasteiger partial charge in [-0.05, 0) is 18.9 Å². The number of hydrogen-bond donors (Lipinski definition) is 1. The SMILES string of the molecule is Cc1ccc(CC2COC(CF)CN2)cc1. The van der Waals surface area contributed by atoms with Gasteiger partial charge in [0.05, 0.1) is 12.7 Å². The summed E-state index contributed by atoms with van der Waals surface area (Å²) in [7, 11) is 0. The summed E-state index contributed by atoms with van der Waals surface area (Å²) in [5, 5.41) is 3.32. The molecule has 1 aromatic carbocycles. The van der Waals surface area contributed by atoms with Crippen molar-refractivity contribution >= 4 is 0 Å². The van der Waals surface area contributed by atoms with Crippen LogP contribution < -0.4 is 5.32 Å². The third kappa shape index (κ3) is 3.03. The van der Waals surface area contributed by atoms with Crippen LogP contribution in [0.2, 0.25) is 0 Å². The zero-order valence-electron chi connectivity index (χ0n) is 9.58. The molecular formula is C13H18FNO. The molecule has 2 unspecified atom stereocenters. The van der Waals surface area contributed by atoms with E-state index in [0.29, 0.717) is 19.2 Å². The summed E-state index contributed by atoms with van der Waals surface area (Å²) in [4.78, 5) is 0. The van der Waals surface area contributed by atoms with Crippen molar-refractivity contribution in [3.63, 3.8) is 0 Å². The van der Waals surface area contributed by atoms with E-state index in [4.69, 9.17) is 4.74 Å². The molecule has 0 radical (unpaired) electrons. The summed E-state index contributed by atoms with van der Waals surface area (Å²) in [5.74, 6) is 0. The van der Waals surface area contributed by atoms with E-state index >= 15 is 0 Å². The molecule has 1 aliphatic heterocycles. The van der Waals surface area contributed by atoms with Crippen LogP contribution in [0.15, 0.2) is 24.3 Å². The Bertz CT molecular complexity index is 317. The van der Waals surface area contributed by atoms with E-state index in [2.05, 4.69) is 36.5 Å². The van der Waals surface area contributed by atoms with Gasteiger partial charge in [-0.1, -0.05) is 29.8 Å². The maximum Gasteiger partial charge on any atom is 0.117 e. The van der Waals surface area contributed by atoms with Crippen LogP contribution in [0.1, 0.15) is 11.1 Å². The van der Waals surface area contributed by atoms with Gasteiger partial charge in [0.15, 0.2) is 0 Å². The number of benzene rings is 1. The van der Waals surface area contributed by atoms with Crippen molar-refractivity contribution in [1.82, 2.24) is 5.32 Å². The molecule has 0 aromatic heterocycles. The van der Waals surface area contributed by atoms with E-state index in [0.717, 1.165) is 6.42 Å². The van der Waals surface area contributed by atoms with Crippen LogP contribution in [-0.4, -0.2) is 32.0 Å². The maximum atomic E-state index is 12.3. The molecule has 0 spiro atoms. The zero-order chi connectivity index (χ0) is 11.4. The Kier molecular flexibility index (Phi) is 3.91. The highest BCUT2D eigenvalue weighted by Crippen LogP contribution is 2.09. The standard InChI is InChI=1S/C13H18FNO/c1-10-2-4-11(5-3-10)6-12-9-16-13(7-14)8-15-12/h2-5,12-13,15H,6-9H2,1H3. The van der Waals surface area contributed by atoms with Crippen molar-refractivity contribution in [1.29, 1.82) is 0 Å². The number of rotatable bonds is 3. The van der Waals surface area contributed by atoms with Crippen molar-refractivity contribution in [2.75, 3.05) is 19.8 Å². The van der Waals surface area contributed by atoms with Crippen LogP contribution in [0, 0.1) is 6.92 Å².